The summed E-state index contributed by atoms with van der Waals surface area (Å²) in [6.07, 6.45) is 1.60. The summed E-state index contributed by atoms with van der Waals surface area (Å²) in [5, 5.41) is 7.01. The van der Waals surface area contributed by atoms with Crippen molar-refractivity contribution in [1.82, 2.24) is 15.2 Å². The minimum atomic E-state index is -0.689. The molecule has 4 aromatic rings. The molecule has 4 rings (SSSR count). The van der Waals surface area contributed by atoms with Gasteiger partial charge in [-0.05, 0) is 48.5 Å². The van der Waals surface area contributed by atoms with Crippen molar-refractivity contribution >= 4 is 5.78 Å². The van der Waals surface area contributed by atoms with Crippen LogP contribution in [0.15, 0.2) is 72.9 Å². The Labute approximate surface area is 177 Å². The first-order valence-corrected chi connectivity index (χ1v) is 9.63. The van der Waals surface area contributed by atoms with Crippen LogP contribution in [0.1, 0.15) is 22.0 Å². The summed E-state index contributed by atoms with van der Waals surface area (Å²) >= 11 is 0. The summed E-state index contributed by atoms with van der Waals surface area (Å²) in [5.74, 6) is -1.92. The topological polar surface area (TPSA) is 67.9 Å². The van der Waals surface area contributed by atoms with Gasteiger partial charge in [0.05, 0.1) is 29.6 Å². The van der Waals surface area contributed by atoms with Crippen LogP contribution in [0.2, 0.25) is 0 Å². The largest absolute Gasteiger partial charge is 0.384 e. The van der Waals surface area contributed by atoms with Gasteiger partial charge in [-0.3, -0.25) is 14.9 Å². The van der Waals surface area contributed by atoms with Crippen molar-refractivity contribution < 1.29 is 18.3 Å². The van der Waals surface area contributed by atoms with Gasteiger partial charge < -0.3 is 4.74 Å². The minimum absolute atomic E-state index is 0.107. The Morgan fingerprint density at radius 2 is 1.87 bits per heavy atom. The number of ether oxygens (including phenoxy) is 1. The van der Waals surface area contributed by atoms with Gasteiger partial charge in [0.1, 0.15) is 11.6 Å². The Kier molecular flexibility index (Phi) is 5.95. The number of aromatic amines is 1. The molecule has 0 spiro atoms. The number of halogens is 2. The monoisotopic (exact) mass is 419 g/mol. The number of methoxy groups -OCH3 is 1. The number of benzene rings is 2. The van der Waals surface area contributed by atoms with Crippen LogP contribution < -0.4 is 0 Å². The Hall–Kier alpha value is -3.71. The second-order valence-corrected chi connectivity index (χ2v) is 6.96. The van der Waals surface area contributed by atoms with Gasteiger partial charge >= 0.3 is 0 Å². The molecule has 2 aromatic heterocycles. The maximum Gasteiger partial charge on any atom is 0.175 e. The molecule has 0 aliphatic rings. The number of pyridine rings is 1. The van der Waals surface area contributed by atoms with E-state index in [1.54, 1.807) is 48.7 Å². The average molecular weight is 419 g/mol. The molecule has 0 radical (unpaired) electrons. The molecule has 31 heavy (non-hydrogen) atoms. The van der Waals surface area contributed by atoms with E-state index in [9.17, 15) is 13.6 Å². The summed E-state index contributed by atoms with van der Waals surface area (Å²) in [6.45, 7) is 0.107. The van der Waals surface area contributed by atoms with E-state index in [1.165, 1.54) is 31.4 Å². The smallest absolute Gasteiger partial charge is 0.175 e. The average Bonchev–Trinajstić information content (AvgIpc) is 3.27. The Morgan fingerprint density at radius 1 is 1.06 bits per heavy atom. The number of nitrogens with zero attached hydrogens (tertiary/aromatic N) is 2. The SMILES string of the molecule is COCC(C(=O)c1cccc(F)c1-c1cc(-c2ccc(F)cc2)n[nH]1)c1ccccn1. The number of hydrogen-bond acceptors (Lipinski definition) is 4. The number of Topliss-reactive ketones (excluding diaryl/α,β-unsaturated/α-hetero) is 1. The van der Waals surface area contributed by atoms with Gasteiger partial charge in [-0.15, -0.1) is 0 Å². The summed E-state index contributed by atoms with van der Waals surface area (Å²) < 4.78 is 33.4. The number of rotatable bonds is 7. The van der Waals surface area contributed by atoms with Gasteiger partial charge in [0.2, 0.25) is 0 Å². The fourth-order valence-electron chi connectivity index (χ4n) is 3.45. The van der Waals surface area contributed by atoms with Crippen LogP contribution >= 0.6 is 0 Å². The lowest BCUT2D eigenvalue weighted by molar-refractivity contribution is 0.0885. The molecule has 1 atom stereocenters. The molecule has 7 heteroatoms. The molecule has 2 heterocycles. The molecule has 1 unspecified atom stereocenters. The third-order valence-electron chi connectivity index (χ3n) is 4.96. The second-order valence-electron chi connectivity index (χ2n) is 6.96. The van der Waals surface area contributed by atoms with Crippen molar-refractivity contribution in [2.45, 2.75) is 5.92 Å². The molecule has 0 saturated carbocycles. The zero-order valence-electron chi connectivity index (χ0n) is 16.7. The molecule has 0 bridgehead atoms. The van der Waals surface area contributed by atoms with E-state index in [4.69, 9.17) is 4.74 Å². The van der Waals surface area contributed by atoms with Gasteiger partial charge in [-0.25, -0.2) is 8.78 Å². The van der Waals surface area contributed by atoms with Crippen molar-refractivity contribution in [2.24, 2.45) is 0 Å². The Bertz CT molecular complexity index is 1190. The first kappa shape index (κ1) is 20.6. The predicted octanol–water partition coefficient (Wildman–Crippen LogP) is 5.03. The fraction of sp³-hybridized carbons (Fsp3) is 0.125. The van der Waals surface area contributed by atoms with Crippen LogP contribution in [0.4, 0.5) is 8.78 Å². The van der Waals surface area contributed by atoms with E-state index < -0.39 is 11.7 Å². The Morgan fingerprint density at radius 3 is 2.58 bits per heavy atom. The van der Waals surface area contributed by atoms with E-state index in [0.29, 0.717) is 22.6 Å². The van der Waals surface area contributed by atoms with Crippen LogP contribution in [0, 0.1) is 11.6 Å². The first-order chi connectivity index (χ1) is 15.1. The molecule has 156 valence electrons. The van der Waals surface area contributed by atoms with Crippen molar-refractivity contribution in [3.8, 4) is 22.5 Å². The maximum atomic E-state index is 14.9. The summed E-state index contributed by atoms with van der Waals surface area (Å²) in [7, 11) is 1.50. The fourth-order valence-corrected chi connectivity index (χ4v) is 3.45. The zero-order chi connectivity index (χ0) is 21.8. The Balaban J connectivity index is 1.76. The van der Waals surface area contributed by atoms with Gasteiger partial charge in [-0.1, -0.05) is 18.2 Å². The molecule has 1 N–H and O–H groups in total. The number of carbonyl (C=O) groups is 1. The summed E-state index contributed by atoms with van der Waals surface area (Å²) in [4.78, 5) is 17.7. The quantitative estimate of drug-likeness (QED) is 0.427. The summed E-state index contributed by atoms with van der Waals surface area (Å²) in [5.41, 5.74) is 2.38. The van der Waals surface area contributed by atoms with E-state index in [0.717, 1.165) is 0 Å². The number of carbonyl (C=O) groups excluding carboxylic acids is 1. The lowest BCUT2D eigenvalue weighted by Gasteiger charge is -2.16. The predicted molar refractivity (Wildman–Crippen MR) is 113 cm³/mol. The van der Waals surface area contributed by atoms with Crippen molar-refractivity contribution in [2.75, 3.05) is 13.7 Å². The second kappa shape index (κ2) is 8.97. The van der Waals surface area contributed by atoms with E-state index in [2.05, 4.69) is 15.2 Å². The van der Waals surface area contributed by atoms with Crippen LogP contribution in [-0.2, 0) is 4.74 Å². The number of H-pyrrole nitrogens is 1. The number of nitrogens with one attached hydrogen (secondary N) is 1. The normalized spacial score (nSPS) is 12.0. The lowest BCUT2D eigenvalue weighted by Crippen LogP contribution is -2.20. The third kappa shape index (κ3) is 4.27. The maximum absolute atomic E-state index is 14.9. The lowest BCUT2D eigenvalue weighted by atomic mass is 9.90. The third-order valence-corrected chi connectivity index (χ3v) is 4.96. The van der Waals surface area contributed by atoms with E-state index >= 15 is 0 Å². The number of hydrogen-bond donors (Lipinski definition) is 1. The van der Waals surface area contributed by atoms with Crippen molar-refractivity contribution in [3.05, 3.63) is 95.8 Å². The molecule has 0 aliphatic heterocycles. The van der Waals surface area contributed by atoms with Crippen molar-refractivity contribution in [1.29, 1.82) is 0 Å². The van der Waals surface area contributed by atoms with Gasteiger partial charge in [0.15, 0.2) is 5.78 Å². The molecule has 0 saturated heterocycles. The molecule has 0 aliphatic carbocycles. The van der Waals surface area contributed by atoms with Gasteiger partial charge in [0.25, 0.3) is 0 Å². The van der Waals surface area contributed by atoms with E-state index in [1.807, 2.05) is 0 Å². The zero-order valence-corrected chi connectivity index (χ0v) is 16.7. The molecule has 0 fully saturated rings. The molecule has 0 amide bonds. The van der Waals surface area contributed by atoms with Crippen LogP contribution in [0.5, 0.6) is 0 Å². The van der Waals surface area contributed by atoms with Crippen molar-refractivity contribution in [3.63, 3.8) is 0 Å². The standard InChI is InChI=1S/C24H19F2N3O2/c1-31-14-18(20-7-2-3-12-27-20)24(30)17-5-4-6-19(26)23(17)22-13-21(28-29-22)15-8-10-16(25)11-9-15/h2-13,18H,14H2,1H3,(H,28,29). The summed E-state index contributed by atoms with van der Waals surface area (Å²) in [6, 6.07) is 17.1. The molecule has 2 aromatic carbocycles. The first-order valence-electron chi connectivity index (χ1n) is 9.63. The highest BCUT2D eigenvalue weighted by Crippen LogP contribution is 2.32. The number of ketones is 1. The molecule has 5 nitrogen and oxygen atoms in total. The highest BCUT2D eigenvalue weighted by atomic mass is 19.1. The highest BCUT2D eigenvalue weighted by Gasteiger charge is 2.27. The van der Waals surface area contributed by atoms with Crippen LogP contribution in [0.3, 0.4) is 0 Å². The van der Waals surface area contributed by atoms with Gasteiger partial charge in [-0.2, -0.15) is 5.10 Å². The molecular weight excluding hydrogens is 400 g/mol. The van der Waals surface area contributed by atoms with Crippen LogP contribution in [-0.4, -0.2) is 34.7 Å². The number of aromatic nitrogens is 3. The van der Waals surface area contributed by atoms with E-state index in [-0.39, 0.29) is 29.3 Å². The molecular formula is C24H19F2N3O2. The minimum Gasteiger partial charge on any atom is -0.384 e. The highest BCUT2D eigenvalue weighted by molar-refractivity contribution is 6.06. The van der Waals surface area contributed by atoms with Gasteiger partial charge in [0, 0.05) is 30.0 Å². The van der Waals surface area contributed by atoms with Crippen LogP contribution in [0.25, 0.3) is 22.5 Å².